The number of aliphatic hydroxyl groups excluding tert-OH is 2. The van der Waals surface area contributed by atoms with E-state index in [9.17, 15) is 25.1 Å². The second-order valence-corrected chi connectivity index (χ2v) is 22.7. The molecule has 9 aliphatic rings. The molecule has 6 fully saturated rings. The number of aliphatic hydroxyl groups is 2. The van der Waals surface area contributed by atoms with Crippen LogP contribution in [0.1, 0.15) is 122 Å². The number of fused-ring (bicyclic) bond motifs is 4. The van der Waals surface area contributed by atoms with Crippen LogP contribution in [0.4, 0.5) is 0 Å². The fourth-order valence-corrected chi connectivity index (χ4v) is 12.6. The average Bonchev–Trinajstić information content (AvgIpc) is 3.50. The number of methoxy groups -OCH3 is 1. The Balaban J connectivity index is 1.13. The molecule has 5 unspecified atom stereocenters. The van der Waals surface area contributed by atoms with Crippen molar-refractivity contribution < 1.29 is 67.2 Å². The molecule has 3 saturated heterocycles. The van der Waals surface area contributed by atoms with Crippen LogP contribution >= 0.6 is 0 Å². The van der Waals surface area contributed by atoms with Crippen LogP contribution in [-0.2, 0) is 39.7 Å². The van der Waals surface area contributed by atoms with Crippen LogP contribution in [0.2, 0.25) is 0 Å². The van der Waals surface area contributed by atoms with Crippen molar-refractivity contribution in [3.05, 3.63) is 105 Å². The molecule has 3 saturated carbocycles. The van der Waals surface area contributed by atoms with Crippen molar-refractivity contribution >= 4 is 29.5 Å². The first-order valence-corrected chi connectivity index (χ1v) is 25.7. The highest BCUT2D eigenvalue weighted by Gasteiger charge is 2.84. The minimum atomic E-state index is -1.71. The van der Waals surface area contributed by atoms with E-state index in [0.29, 0.717) is 53.0 Å². The predicted molar refractivity (Wildman–Crippen MR) is 273 cm³/mol. The molecule has 0 aromatic heterocycles. The minimum absolute atomic E-state index is 0.0464. The summed E-state index contributed by atoms with van der Waals surface area (Å²) < 4.78 is 57.5. The van der Waals surface area contributed by atoms with Crippen LogP contribution in [-0.4, -0.2) is 101 Å². The van der Waals surface area contributed by atoms with E-state index >= 15 is 4.79 Å². The number of allylic oxidation sites excluding steroid dienone is 5. The third-order valence-corrected chi connectivity index (χ3v) is 16.2. The number of nitrogens with two attached hydrogens (primary N) is 1. The summed E-state index contributed by atoms with van der Waals surface area (Å²) >= 11 is 0. The Kier molecular flexibility index (Phi) is 12.9. The van der Waals surface area contributed by atoms with Gasteiger partial charge in [-0.2, -0.15) is 5.26 Å². The summed E-state index contributed by atoms with van der Waals surface area (Å²) in [6, 6.07) is 8.39. The number of carbonyl (C=O) groups is 3. The number of Topliss-reactive ketones (excluding diaryl/α,β-unsaturated/α-hetero) is 1. The van der Waals surface area contributed by atoms with Gasteiger partial charge >= 0.3 is 11.9 Å². The smallest absolute Gasteiger partial charge is 0.343 e. The van der Waals surface area contributed by atoms with Gasteiger partial charge < -0.3 is 63.9 Å². The quantitative estimate of drug-likeness (QED) is 0.0704. The molecule has 0 amide bonds. The Morgan fingerprint density at radius 2 is 1.69 bits per heavy atom. The first-order valence-electron chi connectivity index (χ1n) is 25.7. The Bertz CT molecular complexity index is 3000. The zero-order valence-electron chi connectivity index (χ0n) is 44.4. The second kappa shape index (κ2) is 18.5. The number of nitriles is 1. The normalized spacial score (nSPS) is 33.0. The van der Waals surface area contributed by atoms with Crippen LogP contribution in [0.25, 0.3) is 11.8 Å². The highest BCUT2D eigenvalue weighted by Crippen LogP contribution is 2.73. The van der Waals surface area contributed by atoms with Gasteiger partial charge in [0.15, 0.2) is 28.5 Å². The molecule has 5 N–H and O–H groups in total. The standard InChI is InChI=1S/C58H67N3O14/c1-28(2)13-12-22-56(10)23-21-34-45(73-56)33(19-14-29(3)4)47-40(46(34)71-52(66)31-15-17-32(18-16-31)69-53-44(63)43(62)48-37(70-53)27-68-55(8,9)72-48)42-41-39(36(26-59)50(60)61-42)35-25-38-54(6,7)75-57(49(35)64,58(38,41)74-47)24-20-30(5)51(65)67-11/h13-18,20-21,23,35,37-39,43-44,48,53,61-63H,12,19,22,24-25,27,60H2,1-11H3/b30-20-/t35?,37-,38-,39?,43-,44-,48-,53-,56?,57?,58?/m1/s1. The number of hydrogen-bond donors (Lipinski definition) is 4. The molecule has 17 nitrogen and oxygen atoms in total. The lowest BCUT2D eigenvalue weighted by molar-refractivity contribution is -0.373. The fourth-order valence-electron chi connectivity index (χ4n) is 12.6. The number of carbonyl (C=O) groups excluding carboxylic acids is 3. The van der Waals surface area contributed by atoms with Gasteiger partial charge in [0.05, 0.1) is 53.3 Å². The van der Waals surface area contributed by atoms with Gasteiger partial charge in [-0.05, 0) is 131 Å². The van der Waals surface area contributed by atoms with Gasteiger partial charge in [0.25, 0.3) is 0 Å². The third kappa shape index (κ3) is 8.31. The van der Waals surface area contributed by atoms with Crippen LogP contribution in [0, 0.1) is 29.1 Å². The van der Waals surface area contributed by atoms with E-state index < -0.39 is 88.6 Å². The first-order chi connectivity index (χ1) is 35.4. The number of benzene rings is 2. The lowest BCUT2D eigenvalue weighted by atomic mass is 9.45. The summed E-state index contributed by atoms with van der Waals surface area (Å²) in [4.78, 5) is 43.4. The molecule has 17 heteroatoms. The molecular formula is C58H67N3O14. The molecule has 11 atom stereocenters. The molecule has 75 heavy (non-hydrogen) atoms. The molecule has 0 radical (unpaired) electrons. The fraction of sp³-hybridized carbons (Fsp3) is 0.517. The van der Waals surface area contributed by atoms with E-state index in [2.05, 4.69) is 23.5 Å². The third-order valence-electron chi connectivity index (χ3n) is 16.2. The first kappa shape index (κ1) is 52.2. The van der Waals surface area contributed by atoms with Gasteiger partial charge in [-0.3, -0.25) is 4.79 Å². The van der Waals surface area contributed by atoms with Crippen molar-refractivity contribution in [3.8, 4) is 29.1 Å². The Hall–Kier alpha value is -6.26. The van der Waals surface area contributed by atoms with Crippen LogP contribution in [0.5, 0.6) is 23.0 Å². The topological polar surface area (TPSA) is 237 Å². The van der Waals surface area contributed by atoms with E-state index in [1.54, 1.807) is 26.8 Å². The summed E-state index contributed by atoms with van der Waals surface area (Å²) in [7, 11) is 1.29. The number of ketones is 1. The average molecular weight is 1030 g/mol. The lowest BCUT2D eigenvalue weighted by Crippen LogP contribution is -2.75. The summed E-state index contributed by atoms with van der Waals surface area (Å²) in [6.07, 6.45) is 5.98. The number of hydrogen-bond acceptors (Lipinski definition) is 17. The highest BCUT2D eigenvalue weighted by molar-refractivity contribution is 6.02. The van der Waals surface area contributed by atoms with Gasteiger partial charge in [0.1, 0.15) is 53.1 Å². The summed E-state index contributed by atoms with van der Waals surface area (Å²) in [5, 5.41) is 36.3. The van der Waals surface area contributed by atoms with Crippen molar-refractivity contribution in [3.63, 3.8) is 0 Å². The lowest BCUT2D eigenvalue weighted by Gasteiger charge is -2.62. The number of nitrogens with zero attached hydrogens (tertiary/aromatic N) is 1. The molecule has 6 heterocycles. The van der Waals surface area contributed by atoms with Crippen LogP contribution in [0.3, 0.4) is 0 Å². The maximum Gasteiger partial charge on any atom is 0.343 e. The molecule has 398 valence electrons. The van der Waals surface area contributed by atoms with E-state index in [1.807, 2.05) is 60.6 Å². The maximum atomic E-state index is 15.6. The summed E-state index contributed by atoms with van der Waals surface area (Å²) in [6.45, 7) is 19.1. The zero-order chi connectivity index (χ0) is 53.9. The SMILES string of the molecule is COC(=O)/C(C)=C\CC12OC(C)(C)[C@H]3CC(C1=O)C1C(C#N)=C(N)NC4=C1C32Oc1c(CC=C(C)C)c2c(c(OC(=O)c3ccc(O[C@@H]5O[C@@H]6COC(C)(C)O[C@H]6[C@H](O)[C@H]5O)cc3)c14)C=CC(C)(CCC=C(C)C)O2. The molecule has 1 spiro atoms. The van der Waals surface area contributed by atoms with Crippen molar-refractivity contribution in [2.24, 2.45) is 23.5 Å². The van der Waals surface area contributed by atoms with Gasteiger partial charge in [0.2, 0.25) is 6.29 Å². The van der Waals surface area contributed by atoms with Crippen molar-refractivity contribution in [2.75, 3.05) is 13.7 Å². The molecule has 11 rings (SSSR count). The van der Waals surface area contributed by atoms with Gasteiger partial charge in [-0.1, -0.05) is 29.4 Å². The maximum absolute atomic E-state index is 15.6. The minimum Gasteiger partial charge on any atom is -0.482 e. The van der Waals surface area contributed by atoms with Gasteiger partial charge in [-0.25, -0.2) is 9.59 Å². The predicted octanol–water partition coefficient (Wildman–Crippen LogP) is 7.33. The second-order valence-electron chi connectivity index (χ2n) is 22.7. The van der Waals surface area contributed by atoms with E-state index in [0.717, 1.165) is 12.0 Å². The Morgan fingerprint density at radius 3 is 2.37 bits per heavy atom. The van der Waals surface area contributed by atoms with Gasteiger partial charge in [0, 0.05) is 40.9 Å². The Morgan fingerprint density at radius 1 is 0.973 bits per heavy atom. The number of rotatable bonds is 12. The van der Waals surface area contributed by atoms with Crippen LogP contribution in [0.15, 0.2) is 82.3 Å². The molecule has 2 aromatic rings. The number of dihydropyridines is 1. The van der Waals surface area contributed by atoms with Crippen molar-refractivity contribution in [1.82, 2.24) is 5.32 Å². The van der Waals surface area contributed by atoms with E-state index in [1.165, 1.54) is 36.9 Å². The van der Waals surface area contributed by atoms with Crippen LogP contribution < -0.4 is 30.0 Å². The van der Waals surface area contributed by atoms with Crippen molar-refractivity contribution in [2.45, 2.75) is 160 Å². The molecule has 4 bridgehead atoms. The van der Waals surface area contributed by atoms with E-state index in [-0.39, 0.29) is 58.6 Å². The molecule has 2 aromatic carbocycles. The summed E-state index contributed by atoms with van der Waals surface area (Å²) in [5.74, 6) is -3.57. The number of esters is 2. The van der Waals surface area contributed by atoms with Crippen molar-refractivity contribution in [1.29, 1.82) is 5.26 Å². The number of nitrogens with one attached hydrogen (secondary N) is 1. The monoisotopic (exact) mass is 1030 g/mol. The number of ether oxygens (including phenoxy) is 9. The molecule has 6 aliphatic heterocycles. The van der Waals surface area contributed by atoms with E-state index in [4.69, 9.17) is 48.4 Å². The molecular weight excluding hydrogens is 963 g/mol. The highest BCUT2D eigenvalue weighted by atomic mass is 16.8. The summed E-state index contributed by atoms with van der Waals surface area (Å²) in [5.41, 5.74) is 6.99. The Labute approximate surface area is 436 Å². The zero-order valence-corrected chi connectivity index (χ0v) is 44.4. The van der Waals surface area contributed by atoms with Gasteiger partial charge in [-0.15, -0.1) is 0 Å². The molecule has 3 aliphatic carbocycles. The largest absolute Gasteiger partial charge is 0.482 e.